The van der Waals surface area contributed by atoms with Gasteiger partial charge in [0, 0.05) is 13.0 Å². The van der Waals surface area contributed by atoms with Crippen LogP contribution in [0.5, 0.6) is 0 Å². The maximum atomic E-state index is 11.6. The number of carbonyl (C=O) groups is 2. The largest absolute Gasteiger partial charge is 0.481 e. The minimum absolute atomic E-state index is 0.0823. The van der Waals surface area contributed by atoms with Crippen molar-refractivity contribution in [3.8, 4) is 0 Å². The Bertz CT molecular complexity index is 329. The molecule has 0 aromatic carbocycles. The van der Waals surface area contributed by atoms with E-state index in [9.17, 15) is 9.59 Å². The van der Waals surface area contributed by atoms with Gasteiger partial charge in [0.2, 0.25) is 5.91 Å². The van der Waals surface area contributed by atoms with E-state index in [2.05, 4.69) is 16.0 Å². The van der Waals surface area contributed by atoms with Gasteiger partial charge in [-0.2, -0.15) is 0 Å². The summed E-state index contributed by atoms with van der Waals surface area (Å²) < 4.78 is 0. The van der Waals surface area contributed by atoms with Crippen molar-refractivity contribution in [2.45, 2.75) is 51.0 Å². The molecule has 0 radical (unpaired) electrons. The Kier molecular flexibility index (Phi) is 15.8. The Balaban J connectivity index is 3.27. The number of aliphatic carboxylic acids is 1. The van der Waals surface area contributed by atoms with E-state index in [1.54, 1.807) is 0 Å². The Labute approximate surface area is 145 Å². The molecule has 8 nitrogen and oxygen atoms in total. The fraction of sp³-hybridized carbons (Fsp3) is 0.875. The van der Waals surface area contributed by atoms with E-state index >= 15 is 0 Å². The van der Waals surface area contributed by atoms with Crippen LogP contribution in [-0.2, 0) is 9.59 Å². The highest BCUT2D eigenvalue weighted by Crippen LogP contribution is 1.95. The molecule has 0 fully saturated rings. The molecule has 1 atom stereocenters. The molecule has 0 aromatic rings. The van der Waals surface area contributed by atoms with Gasteiger partial charge in [0.25, 0.3) is 0 Å². The molecule has 8 N–H and O–H groups in total. The van der Waals surface area contributed by atoms with Crippen LogP contribution in [0.2, 0.25) is 0 Å². The van der Waals surface area contributed by atoms with Crippen LogP contribution in [0.3, 0.4) is 0 Å². The molecule has 142 valence electrons. The number of hydrogen-bond donors (Lipinski definition) is 6. The fourth-order valence-electron chi connectivity index (χ4n) is 2.10. The first-order valence-electron chi connectivity index (χ1n) is 8.94. The van der Waals surface area contributed by atoms with Crippen LogP contribution in [0.4, 0.5) is 0 Å². The summed E-state index contributed by atoms with van der Waals surface area (Å²) in [7, 11) is 0. The lowest BCUT2D eigenvalue weighted by Gasteiger charge is -2.11. The predicted molar refractivity (Wildman–Crippen MR) is 95.7 cm³/mol. The number of amides is 1. The van der Waals surface area contributed by atoms with Crippen molar-refractivity contribution < 1.29 is 14.7 Å². The third-order valence-electron chi connectivity index (χ3n) is 3.60. The van der Waals surface area contributed by atoms with Crippen LogP contribution in [0, 0.1) is 0 Å². The smallest absolute Gasteiger partial charge is 0.303 e. The summed E-state index contributed by atoms with van der Waals surface area (Å²) in [4.78, 5) is 22.0. The molecular weight excluding hydrogens is 310 g/mol. The van der Waals surface area contributed by atoms with Crippen molar-refractivity contribution in [2.75, 3.05) is 39.3 Å². The van der Waals surface area contributed by atoms with Crippen molar-refractivity contribution in [1.29, 1.82) is 0 Å². The lowest BCUT2D eigenvalue weighted by Crippen LogP contribution is -2.41. The standard InChI is InChI=1S/C16H35N5O3/c17-8-5-12-20-10-2-1-9-19-11-3-4-13-21-16(24)14(18)6-7-15(22)23/h14,19-20H,1-13,17-18H2,(H,21,24)(H,22,23). The van der Waals surface area contributed by atoms with Gasteiger partial charge in [0.15, 0.2) is 0 Å². The SMILES string of the molecule is NCCCNCCCCNCCCCNC(=O)C(N)CCC(=O)O. The maximum Gasteiger partial charge on any atom is 0.303 e. The molecule has 0 saturated carbocycles. The summed E-state index contributed by atoms with van der Waals surface area (Å²) in [6.45, 7) is 5.29. The van der Waals surface area contributed by atoms with Crippen molar-refractivity contribution in [3.63, 3.8) is 0 Å². The van der Waals surface area contributed by atoms with Gasteiger partial charge in [-0.25, -0.2) is 0 Å². The van der Waals surface area contributed by atoms with Gasteiger partial charge >= 0.3 is 5.97 Å². The van der Waals surface area contributed by atoms with E-state index < -0.39 is 12.0 Å². The van der Waals surface area contributed by atoms with E-state index in [4.69, 9.17) is 16.6 Å². The molecule has 0 aliphatic heterocycles. The van der Waals surface area contributed by atoms with Crippen LogP contribution >= 0.6 is 0 Å². The molecule has 0 rings (SSSR count). The van der Waals surface area contributed by atoms with Crippen LogP contribution in [0.15, 0.2) is 0 Å². The number of unbranched alkanes of at least 4 members (excludes halogenated alkanes) is 2. The zero-order chi connectivity index (χ0) is 18.0. The third kappa shape index (κ3) is 15.7. The van der Waals surface area contributed by atoms with E-state index in [0.717, 1.165) is 64.8 Å². The molecule has 0 spiro atoms. The lowest BCUT2D eigenvalue weighted by molar-refractivity contribution is -0.137. The van der Waals surface area contributed by atoms with Crippen LogP contribution in [0.25, 0.3) is 0 Å². The molecule has 0 saturated heterocycles. The van der Waals surface area contributed by atoms with E-state index in [1.165, 1.54) is 0 Å². The molecule has 0 aromatic heterocycles. The Morgan fingerprint density at radius 1 is 0.875 bits per heavy atom. The minimum Gasteiger partial charge on any atom is -0.481 e. The van der Waals surface area contributed by atoms with E-state index in [0.29, 0.717) is 6.54 Å². The number of hydrogen-bond acceptors (Lipinski definition) is 6. The second-order valence-corrected chi connectivity index (χ2v) is 5.89. The molecule has 1 unspecified atom stereocenters. The van der Waals surface area contributed by atoms with Gasteiger partial charge in [-0.15, -0.1) is 0 Å². The molecular formula is C16H35N5O3. The maximum absolute atomic E-state index is 11.6. The highest BCUT2D eigenvalue weighted by molar-refractivity contribution is 5.82. The van der Waals surface area contributed by atoms with Gasteiger partial charge in [-0.3, -0.25) is 9.59 Å². The van der Waals surface area contributed by atoms with Gasteiger partial charge in [-0.05, 0) is 71.2 Å². The van der Waals surface area contributed by atoms with Crippen molar-refractivity contribution in [3.05, 3.63) is 0 Å². The highest BCUT2D eigenvalue weighted by Gasteiger charge is 2.13. The summed E-state index contributed by atoms with van der Waals surface area (Å²) in [6, 6.07) is -0.738. The summed E-state index contributed by atoms with van der Waals surface area (Å²) in [5.74, 6) is -1.21. The third-order valence-corrected chi connectivity index (χ3v) is 3.60. The second-order valence-electron chi connectivity index (χ2n) is 5.89. The molecule has 24 heavy (non-hydrogen) atoms. The normalized spacial score (nSPS) is 12.1. The molecule has 0 heterocycles. The molecule has 8 heteroatoms. The Morgan fingerprint density at radius 3 is 1.88 bits per heavy atom. The van der Waals surface area contributed by atoms with Crippen LogP contribution in [0.1, 0.15) is 44.9 Å². The molecule has 1 amide bonds. The van der Waals surface area contributed by atoms with Gasteiger partial charge in [0.05, 0.1) is 6.04 Å². The number of rotatable bonds is 17. The second kappa shape index (κ2) is 16.6. The number of carbonyl (C=O) groups excluding carboxylic acids is 1. The van der Waals surface area contributed by atoms with Gasteiger partial charge in [0.1, 0.15) is 0 Å². The zero-order valence-electron chi connectivity index (χ0n) is 14.7. The first kappa shape index (κ1) is 22.8. The lowest BCUT2D eigenvalue weighted by atomic mass is 10.1. The summed E-state index contributed by atoms with van der Waals surface area (Å²) in [5.41, 5.74) is 11.0. The van der Waals surface area contributed by atoms with E-state index in [1.807, 2.05) is 0 Å². The summed E-state index contributed by atoms with van der Waals surface area (Å²) >= 11 is 0. The molecule has 0 aliphatic carbocycles. The minimum atomic E-state index is -0.935. The first-order chi connectivity index (χ1) is 11.6. The number of carboxylic acid groups (broad SMARTS) is 1. The highest BCUT2D eigenvalue weighted by atomic mass is 16.4. The first-order valence-corrected chi connectivity index (χ1v) is 8.94. The van der Waals surface area contributed by atoms with Crippen LogP contribution < -0.4 is 27.4 Å². The van der Waals surface area contributed by atoms with Gasteiger partial charge < -0.3 is 32.5 Å². The monoisotopic (exact) mass is 345 g/mol. The summed E-state index contributed by atoms with van der Waals surface area (Å²) in [5, 5.41) is 18.0. The van der Waals surface area contributed by atoms with Crippen molar-refractivity contribution >= 4 is 11.9 Å². The Morgan fingerprint density at radius 2 is 1.38 bits per heavy atom. The predicted octanol–water partition coefficient (Wildman–Crippen LogP) is -0.617. The molecule has 0 aliphatic rings. The fourth-order valence-corrected chi connectivity index (χ4v) is 2.10. The zero-order valence-corrected chi connectivity index (χ0v) is 14.7. The molecule has 0 bridgehead atoms. The number of carboxylic acids is 1. The summed E-state index contributed by atoms with van der Waals surface area (Å²) in [6.07, 6.45) is 5.28. The quantitative estimate of drug-likeness (QED) is 0.193. The van der Waals surface area contributed by atoms with Crippen molar-refractivity contribution in [2.24, 2.45) is 11.5 Å². The number of nitrogens with two attached hydrogens (primary N) is 2. The van der Waals surface area contributed by atoms with Crippen molar-refractivity contribution in [1.82, 2.24) is 16.0 Å². The Hall–Kier alpha value is -1.22. The number of nitrogens with one attached hydrogen (secondary N) is 3. The average Bonchev–Trinajstić information content (AvgIpc) is 2.56. The average molecular weight is 345 g/mol. The van der Waals surface area contributed by atoms with Crippen LogP contribution in [-0.4, -0.2) is 62.3 Å². The topological polar surface area (TPSA) is 142 Å². The van der Waals surface area contributed by atoms with E-state index in [-0.39, 0.29) is 18.7 Å². The van der Waals surface area contributed by atoms with Gasteiger partial charge in [-0.1, -0.05) is 0 Å².